The van der Waals surface area contributed by atoms with Crippen molar-refractivity contribution in [1.82, 2.24) is 10.3 Å². The van der Waals surface area contributed by atoms with E-state index in [1.165, 1.54) is 12.1 Å². The molecule has 0 saturated heterocycles. The summed E-state index contributed by atoms with van der Waals surface area (Å²) in [7, 11) is 0. The molecule has 4 nitrogen and oxygen atoms in total. The number of H-pyrrole nitrogens is 1. The Morgan fingerprint density at radius 2 is 1.88 bits per heavy atom. The van der Waals surface area contributed by atoms with Crippen LogP contribution in [0.15, 0.2) is 60.9 Å². The Kier molecular flexibility index (Phi) is 3.86. The first-order valence-electron chi connectivity index (χ1n) is 8.13. The average Bonchev–Trinajstić information content (AvgIpc) is 3.21. The van der Waals surface area contributed by atoms with E-state index >= 15 is 0 Å². The number of aromatic amines is 1. The Morgan fingerprint density at radius 3 is 2.68 bits per heavy atom. The standard InChI is InChI=1S/C20H17FN2O2/c21-14-7-5-12(6-8-14)16-10-22-11-17(16)20(25)23-19-15-4-2-1-3-13(15)9-18(19)24/h1-8,10-11,18-19,22,24H,9H2,(H,23,25)/t18-,19+/m0/s1. The van der Waals surface area contributed by atoms with Crippen molar-refractivity contribution in [1.29, 1.82) is 0 Å². The van der Waals surface area contributed by atoms with Crippen molar-refractivity contribution in [2.45, 2.75) is 18.6 Å². The second kappa shape index (κ2) is 6.18. The van der Waals surface area contributed by atoms with Gasteiger partial charge in [0.1, 0.15) is 5.82 Å². The Bertz CT molecular complexity index is 917. The Morgan fingerprint density at radius 1 is 1.12 bits per heavy atom. The van der Waals surface area contributed by atoms with Gasteiger partial charge in [0, 0.05) is 24.4 Å². The van der Waals surface area contributed by atoms with E-state index in [9.17, 15) is 14.3 Å². The number of carbonyl (C=O) groups excluding carboxylic acids is 1. The number of aromatic nitrogens is 1. The second-order valence-corrected chi connectivity index (χ2v) is 6.21. The molecule has 1 aliphatic rings. The van der Waals surface area contributed by atoms with Gasteiger partial charge < -0.3 is 15.4 Å². The molecule has 0 saturated carbocycles. The van der Waals surface area contributed by atoms with Gasteiger partial charge in [-0.15, -0.1) is 0 Å². The summed E-state index contributed by atoms with van der Waals surface area (Å²) in [5.41, 5.74) is 3.90. The van der Waals surface area contributed by atoms with E-state index in [-0.39, 0.29) is 11.7 Å². The zero-order valence-corrected chi connectivity index (χ0v) is 13.4. The van der Waals surface area contributed by atoms with Gasteiger partial charge in [-0.3, -0.25) is 4.79 Å². The molecule has 126 valence electrons. The summed E-state index contributed by atoms with van der Waals surface area (Å²) in [6.45, 7) is 0. The minimum atomic E-state index is -0.644. The summed E-state index contributed by atoms with van der Waals surface area (Å²) < 4.78 is 13.1. The topological polar surface area (TPSA) is 65.1 Å². The van der Waals surface area contributed by atoms with Crippen LogP contribution in [-0.2, 0) is 6.42 Å². The summed E-state index contributed by atoms with van der Waals surface area (Å²) in [6, 6.07) is 13.3. The van der Waals surface area contributed by atoms with Crippen molar-refractivity contribution in [3.8, 4) is 11.1 Å². The molecule has 25 heavy (non-hydrogen) atoms. The number of hydrogen-bond donors (Lipinski definition) is 3. The fraction of sp³-hybridized carbons (Fsp3) is 0.150. The van der Waals surface area contributed by atoms with Gasteiger partial charge in [-0.1, -0.05) is 36.4 Å². The summed E-state index contributed by atoms with van der Waals surface area (Å²) in [4.78, 5) is 15.7. The highest BCUT2D eigenvalue weighted by molar-refractivity contribution is 6.01. The minimum Gasteiger partial charge on any atom is -0.390 e. The molecular formula is C20H17FN2O2. The number of amides is 1. The molecule has 0 aliphatic heterocycles. The van der Waals surface area contributed by atoms with E-state index in [2.05, 4.69) is 10.3 Å². The second-order valence-electron chi connectivity index (χ2n) is 6.21. The molecule has 5 heteroatoms. The van der Waals surface area contributed by atoms with Gasteiger partial charge in [0.25, 0.3) is 5.91 Å². The van der Waals surface area contributed by atoms with Gasteiger partial charge in [0.15, 0.2) is 0 Å². The predicted octanol–water partition coefficient (Wildman–Crippen LogP) is 3.21. The lowest BCUT2D eigenvalue weighted by atomic mass is 10.0. The van der Waals surface area contributed by atoms with Gasteiger partial charge in [-0.25, -0.2) is 4.39 Å². The zero-order valence-electron chi connectivity index (χ0n) is 13.4. The van der Waals surface area contributed by atoms with Crippen molar-refractivity contribution in [2.75, 3.05) is 0 Å². The van der Waals surface area contributed by atoms with Crippen LogP contribution in [0.5, 0.6) is 0 Å². The molecule has 1 aromatic heterocycles. The third-order valence-corrected chi connectivity index (χ3v) is 4.64. The quantitative estimate of drug-likeness (QED) is 0.688. The van der Waals surface area contributed by atoms with E-state index in [4.69, 9.17) is 0 Å². The molecule has 2 atom stereocenters. The van der Waals surface area contributed by atoms with Crippen LogP contribution >= 0.6 is 0 Å². The first-order chi connectivity index (χ1) is 12.1. The lowest BCUT2D eigenvalue weighted by Crippen LogP contribution is -2.33. The Balaban J connectivity index is 1.61. The smallest absolute Gasteiger partial charge is 0.254 e. The number of halogens is 1. The molecule has 1 heterocycles. The highest BCUT2D eigenvalue weighted by atomic mass is 19.1. The maximum absolute atomic E-state index is 13.1. The fourth-order valence-electron chi connectivity index (χ4n) is 3.39. The molecule has 0 radical (unpaired) electrons. The van der Waals surface area contributed by atoms with E-state index in [0.29, 0.717) is 17.5 Å². The average molecular weight is 336 g/mol. The maximum Gasteiger partial charge on any atom is 0.254 e. The monoisotopic (exact) mass is 336 g/mol. The molecule has 4 rings (SSSR count). The number of carbonyl (C=O) groups is 1. The first-order valence-corrected chi connectivity index (χ1v) is 8.13. The summed E-state index contributed by atoms with van der Waals surface area (Å²) in [5, 5.41) is 13.2. The van der Waals surface area contributed by atoms with E-state index < -0.39 is 12.1 Å². The molecule has 0 spiro atoms. The number of benzene rings is 2. The normalized spacial score (nSPS) is 18.8. The molecule has 1 amide bonds. The van der Waals surface area contributed by atoms with Gasteiger partial charge >= 0.3 is 0 Å². The summed E-state index contributed by atoms with van der Waals surface area (Å²) >= 11 is 0. The van der Waals surface area contributed by atoms with Crippen LogP contribution in [0.3, 0.4) is 0 Å². The van der Waals surface area contributed by atoms with Gasteiger partial charge in [0.2, 0.25) is 0 Å². The van der Waals surface area contributed by atoms with Crippen molar-refractivity contribution in [3.05, 3.63) is 83.4 Å². The summed E-state index contributed by atoms with van der Waals surface area (Å²) in [6.07, 6.45) is 3.20. The van der Waals surface area contributed by atoms with E-state index in [0.717, 1.165) is 16.7 Å². The number of rotatable bonds is 3. The van der Waals surface area contributed by atoms with Crippen LogP contribution in [0.2, 0.25) is 0 Å². The highest BCUT2D eigenvalue weighted by Crippen LogP contribution is 2.32. The predicted molar refractivity (Wildman–Crippen MR) is 92.5 cm³/mol. The van der Waals surface area contributed by atoms with Gasteiger partial charge in [-0.2, -0.15) is 0 Å². The highest BCUT2D eigenvalue weighted by Gasteiger charge is 2.32. The molecule has 0 bridgehead atoms. The largest absolute Gasteiger partial charge is 0.390 e. The zero-order chi connectivity index (χ0) is 17.4. The third kappa shape index (κ3) is 2.83. The molecule has 3 N–H and O–H groups in total. The molecule has 1 aliphatic carbocycles. The minimum absolute atomic E-state index is 0.277. The van der Waals surface area contributed by atoms with Crippen LogP contribution in [0, 0.1) is 5.82 Å². The summed E-state index contributed by atoms with van der Waals surface area (Å²) in [5.74, 6) is -0.600. The lowest BCUT2D eigenvalue weighted by Gasteiger charge is -2.18. The van der Waals surface area contributed by atoms with Crippen LogP contribution in [0.4, 0.5) is 4.39 Å². The molecule has 3 aromatic rings. The fourth-order valence-corrected chi connectivity index (χ4v) is 3.39. The van der Waals surface area contributed by atoms with Crippen LogP contribution in [0.25, 0.3) is 11.1 Å². The van der Waals surface area contributed by atoms with Crippen molar-refractivity contribution < 1.29 is 14.3 Å². The number of aliphatic hydroxyl groups is 1. The van der Waals surface area contributed by atoms with E-state index in [1.54, 1.807) is 24.5 Å². The lowest BCUT2D eigenvalue weighted by molar-refractivity contribution is 0.0859. The maximum atomic E-state index is 13.1. The molecular weight excluding hydrogens is 319 g/mol. The number of fused-ring (bicyclic) bond motifs is 1. The number of aliphatic hydroxyl groups excluding tert-OH is 1. The molecule has 2 aromatic carbocycles. The Labute approximate surface area is 144 Å². The SMILES string of the molecule is O=C(N[C@@H]1c2ccccc2C[C@@H]1O)c1c[nH]cc1-c1ccc(F)cc1. The van der Waals surface area contributed by atoms with Crippen molar-refractivity contribution >= 4 is 5.91 Å². The van der Waals surface area contributed by atoms with Gasteiger partial charge in [0.05, 0.1) is 17.7 Å². The first kappa shape index (κ1) is 15.6. The van der Waals surface area contributed by atoms with Gasteiger partial charge in [-0.05, 0) is 28.8 Å². The third-order valence-electron chi connectivity index (χ3n) is 4.64. The van der Waals surface area contributed by atoms with Crippen LogP contribution in [0.1, 0.15) is 27.5 Å². The van der Waals surface area contributed by atoms with Crippen molar-refractivity contribution in [2.24, 2.45) is 0 Å². The molecule has 0 fully saturated rings. The van der Waals surface area contributed by atoms with E-state index in [1.807, 2.05) is 24.3 Å². The van der Waals surface area contributed by atoms with Crippen molar-refractivity contribution in [3.63, 3.8) is 0 Å². The van der Waals surface area contributed by atoms with Crippen LogP contribution in [-0.4, -0.2) is 22.1 Å². The molecule has 0 unspecified atom stereocenters. The number of nitrogens with one attached hydrogen (secondary N) is 2. The van der Waals surface area contributed by atoms with Crippen LogP contribution < -0.4 is 5.32 Å². The number of hydrogen-bond acceptors (Lipinski definition) is 2. The Hall–Kier alpha value is -2.92.